The van der Waals surface area contributed by atoms with Gasteiger partial charge in [-0.25, -0.2) is 4.79 Å². The second-order valence-electron chi connectivity index (χ2n) is 4.73. The number of hydrogen-bond donors (Lipinski definition) is 3. The lowest BCUT2D eigenvalue weighted by Crippen LogP contribution is -2.43. The molecule has 2 amide bonds. The third-order valence-electron chi connectivity index (χ3n) is 1.91. The summed E-state index contributed by atoms with van der Waals surface area (Å²) < 4.78 is 0. The highest BCUT2D eigenvalue weighted by Crippen LogP contribution is 2.10. The molecule has 0 fully saturated rings. The summed E-state index contributed by atoms with van der Waals surface area (Å²) >= 11 is 0. The second kappa shape index (κ2) is 4.99. The fourth-order valence-corrected chi connectivity index (χ4v) is 1.28. The first-order chi connectivity index (χ1) is 7.40. The summed E-state index contributed by atoms with van der Waals surface area (Å²) in [6, 6.07) is 7.28. The molecule has 16 heavy (non-hydrogen) atoms. The molecule has 88 valence electrons. The summed E-state index contributed by atoms with van der Waals surface area (Å²) in [5, 5.41) is 5.59. The van der Waals surface area contributed by atoms with Gasteiger partial charge in [0.25, 0.3) is 0 Å². The summed E-state index contributed by atoms with van der Waals surface area (Å²) in [4.78, 5) is 11.6. The number of nitrogens with one attached hydrogen (secondary N) is 2. The topological polar surface area (TPSA) is 67.2 Å². The molecule has 1 aromatic rings. The molecule has 4 N–H and O–H groups in total. The van der Waals surface area contributed by atoms with Crippen molar-refractivity contribution in [2.24, 2.45) is 5.73 Å². The molecule has 0 aliphatic rings. The number of rotatable bonds is 2. The van der Waals surface area contributed by atoms with Crippen molar-refractivity contribution in [2.75, 3.05) is 5.32 Å². The van der Waals surface area contributed by atoms with E-state index in [0.717, 1.165) is 11.3 Å². The SMILES string of the molecule is CC(C)(C)NC(=O)Nc1cccc(CN)c1. The number of amides is 2. The maximum atomic E-state index is 11.6. The van der Waals surface area contributed by atoms with Gasteiger partial charge in [0.05, 0.1) is 0 Å². The van der Waals surface area contributed by atoms with Gasteiger partial charge in [0.1, 0.15) is 0 Å². The van der Waals surface area contributed by atoms with Gasteiger partial charge in [0.15, 0.2) is 0 Å². The van der Waals surface area contributed by atoms with Gasteiger partial charge in [-0.1, -0.05) is 12.1 Å². The van der Waals surface area contributed by atoms with Crippen molar-refractivity contribution in [3.8, 4) is 0 Å². The summed E-state index contributed by atoms with van der Waals surface area (Å²) in [6.45, 7) is 6.27. The Hall–Kier alpha value is -1.55. The van der Waals surface area contributed by atoms with Crippen molar-refractivity contribution < 1.29 is 4.79 Å². The molecule has 4 nitrogen and oxygen atoms in total. The standard InChI is InChI=1S/C12H19N3O/c1-12(2,3)15-11(16)14-10-6-4-5-9(7-10)8-13/h4-7H,8,13H2,1-3H3,(H2,14,15,16). The Morgan fingerprint density at radius 2 is 2.06 bits per heavy atom. The van der Waals surface area contributed by atoms with Crippen LogP contribution in [-0.2, 0) is 6.54 Å². The molecule has 0 heterocycles. The van der Waals surface area contributed by atoms with Crippen molar-refractivity contribution in [3.63, 3.8) is 0 Å². The van der Waals surface area contributed by atoms with Crippen molar-refractivity contribution in [1.29, 1.82) is 0 Å². The summed E-state index contributed by atoms with van der Waals surface area (Å²) in [6.07, 6.45) is 0. The van der Waals surface area contributed by atoms with Crippen molar-refractivity contribution >= 4 is 11.7 Å². The number of carbonyl (C=O) groups excluding carboxylic acids is 1. The molecule has 0 bridgehead atoms. The van der Waals surface area contributed by atoms with Gasteiger partial charge >= 0.3 is 6.03 Å². The average Bonchev–Trinajstić information content (AvgIpc) is 2.15. The molecule has 0 radical (unpaired) electrons. The minimum Gasteiger partial charge on any atom is -0.333 e. The van der Waals surface area contributed by atoms with E-state index in [2.05, 4.69) is 10.6 Å². The van der Waals surface area contributed by atoms with Gasteiger partial charge in [0, 0.05) is 17.8 Å². The van der Waals surface area contributed by atoms with Crippen LogP contribution in [0.3, 0.4) is 0 Å². The average molecular weight is 221 g/mol. The molecule has 4 heteroatoms. The van der Waals surface area contributed by atoms with Gasteiger partial charge in [-0.3, -0.25) is 0 Å². The van der Waals surface area contributed by atoms with Gasteiger partial charge in [-0.2, -0.15) is 0 Å². The molecule has 0 aromatic heterocycles. The number of nitrogens with two attached hydrogens (primary N) is 1. The molecule has 0 spiro atoms. The van der Waals surface area contributed by atoms with Crippen molar-refractivity contribution in [2.45, 2.75) is 32.9 Å². The highest BCUT2D eigenvalue weighted by Gasteiger charge is 2.13. The number of benzene rings is 1. The van der Waals surface area contributed by atoms with Crippen LogP contribution in [-0.4, -0.2) is 11.6 Å². The Morgan fingerprint density at radius 1 is 1.38 bits per heavy atom. The first kappa shape index (κ1) is 12.5. The maximum absolute atomic E-state index is 11.6. The maximum Gasteiger partial charge on any atom is 0.319 e. The van der Waals surface area contributed by atoms with Crippen molar-refractivity contribution in [1.82, 2.24) is 5.32 Å². The van der Waals surface area contributed by atoms with Crippen LogP contribution in [0, 0.1) is 0 Å². The van der Waals surface area contributed by atoms with Crippen LogP contribution >= 0.6 is 0 Å². The van der Waals surface area contributed by atoms with Crippen LogP contribution < -0.4 is 16.4 Å². The Kier molecular flexibility index (Phi) is 3.90. The quantitative estimate of drug-likeness (QED) is 0.715. The predicted octanol–water partition coefficient (Wildman–Crippen LogP) is 2.07. The van der Waals surface area contributed by atoms with E-state index in [-0.39, 0.29) is 11.6 Å². The number of hydrogen-bond acceptors (Lipinski definition) is 2. The zero-order valence-electron chi connectivity index (χ0n) is 10.0. The lowest BCUT2D eigenvalue weighted by atomic mass is 10.1. The summed E-state index contributed by atoms with van der Waals surface area (Å²) in [7, 11) is 0. The van der Waals surface area contributed by atoms with Gasteiger partial charge < -0.3 is 16.4 Å². The van der Waals surface area contributed by atoms with E-state index in [0.29, 0.717) is 6.54 Å². The molecule has 0 aliphatic heterocycles. The molecule has 0 aliphatic carbocycles. The van der Waals surface area contributed by atoms with E-state index >= 15 is 0 Å². The van der Waals surface area contributed by atoms with Crippen LogP contribution in [0.15, 0.2) is 24.3 Å². The number of urea groups is 1. The van der Waals surface area contributed by atoms with Crippen LogP contribution in [0.4, 0.5) is 10.5 Å². The van der Waals surface area contributed by atoms with Crippen LogP contribution in [0.25, 0.3) is 0 Å². The Morgan fingerprint density at radius 3 is 2.62 bits per heavy atom. The lowest BCUT2D eigenvalue weighted by Gasteiger charge is -2.20. The zero-order chi connectivity index (χ0) is 12.2. The minimum absolute atomic E-state index is 0.207. The Labute approximate surface area is 96.2 Å². The molecular formula is C12H19N3O. The third kappa shape index (κ3) is 4.31. The summed E-state index contributed by atoms with van der Waals surface area (Å²) in [5.41, 5.74) is 7.03. The molecule has 1 aromatic carbocycles. The van der Waals surface area contributed by atoms with Gasteiger partial charge in [-0.05, 0) is 38.5 Å². The van der Waals surface area contributed by atoms with Crippen LogP contribution in [0.1, 0.15) is 26.3 Å². The van der Waals surface area contributed by atoms with E-state index in [1.54, 1.807) is 0 Å². The van der Waals surface area contributed by atoms with E-state index < -0.39 is 0 Å². The molecular weight excluding hydrogens is 202 g/mol. The molecule has 0 saturated heterocycles. The van der Waals surface area contributed by atoms with Crippen molar-refractivity contribution in [3.05, 3.63) is 29.8 Å². The normalized spacial score (nSPS) is 11.0. The largest absolute Gasteiger partial charge is 0.333 e. The van der Waals surface area contributed by atoms with Gasteiger partial charge in [0.2, 0.25) is 0 Å². The van der Waals surface area contributed by atoms with E-state index in [1.807, 2.05) is 45.0 Å². The highest BCUT2D eigenvalue weighted by atomic mass is 16.2. The number of carbonyl (C=O) groups is 1. The third-order valence-corrected chi connectivity index (χ3v) is 1.91. The van der Waals surface area contributed by atoms with Crippen LogP contribution in [0.2, 0.25) is 0 Å². The fourth-order valence-electron chi connectivity index (χ4n) is 1.28. The second-order valence-corrected chi connectivity index (χ2v) is 4.73. The number of anilines is 1. The fraction of sp³-hybridized carbons (Fsp3) is 0.417. The van der Waals surface area contributed by atoms with Gasteiger partial charge in [-0.15, -0.1) is 0 Å². The first-order valence-corrected chi connectivity index (χ1v) is 5.29. The Balaban J connectivity index is 2.62. The smallest absolute Gasteiger partial charge is 0.319 e. The van der Waals surface area contributed by atoms with E-state index in [9.17, 15) is 4.79 Å². The molecule has 0 atom stereocenters. The lowest BCUT2D eigenvalue weighted by molar-refractivity contribution is 0.244. The molecule has 1 rings (SSSR count). The van der Waals surface area contributed by atoms with Crippen LogP contribution in [0.5, 0.6) is 0 Å². The molecule has 0 unspecified atom stereocenters. The van der Waals surface area contributed by atoms with E-state index in [1.165, 1.54) is 0 Å². The predicted molar refractivity (Wildman–Crippen MR) is 66.2 cm³/mol. The first-order valence-electron chi connectivity index (χ1n) is 5.29. The minimum atomic E-state index is -0.241. The Bertz CT molecular complexity index is 369. The zero-order valence-corrected chi connectivity index (χ0v) is 10.0. The van der Waals surface area contributed by atoms with E-state index in [4.69, 9.17) is 5.73 Å². The monoisotopic (exact) mass is 221 g/mol. The summed E-state index contributed by atoms with van der Waals surface area (Å²) in [5.74, 6) is 0. The molecule has 0 saturated carbocycles. The highest BCUT2D eigenvalue weighted by molar-refractivity contribution is 5.89.